The molecule has 7 N–H and O–H groups in total. The van der Waals surface area contributed by atoms with Gasteiger partial charge in [0.1, 0.15) is 6.54 Å². The summed E-state index contributed by atoms with van der Waals surface area (Å²) in [5.74, 6) is -2.53. The molecular formula is C12H26N4O5S. The van der Waals surface area contributed by atoms with Gasteiger partial charge in [0.2, 0.25) is 5.91 Å². The summed E-state index contributed by atoms with van der Waals surface area (Å²) in [5, 5.41) is 16.8. The second-order valence-electron chi connectivity index (χ2n) is 4.07. The van der Waals surface area contributed by atoms with E-state index in [1.165, 1.54) is 13.3 Å². The highest BCUT2D eigenvalue weighted by Gasteiger charge is 2.10. The Balaban J connectivity index is -0.000000432. The van der Waals surface area contributed by atoms with Gasteiger partial charge in [-0.3, -0.25) is 14.4 Å². The first-order valence-corrected chi connectivity index (χ1v) is 7.45. The Morgan fingerprint density at radius 2 is 1.64 bits per heavy atom. The van der Waals surface area contributed by atoms with Crippen LogP contribution in [0.2, 0.25) is 0 Å². The number of aliphatic imine (C=N–C) groups is 1. The molecule has 0 aliphatic heterocycles. The summed E-state index contributed by atoms with van der Waals surface area (Å²) in [6.45, 7) is 6.70. The molecular weight excluding hydrogens is 312 g/mol. The van der Waals surface area contributed by atoms with E-state index in [9.17, 15) is 14.4 Å². The molecule has 0 aliphatic carbocycles. The quantitative estimate of drug-likeness (QED) is 0.261. The molecule has 0 bridgehead atoms. The maximum Gasteiger partial charge on any atom is 0.325 e. The van der Waals surface area contributed by atoms with Gasteiger partial charge in [-0.1, -0.05) is 27.2 Å². The second-order valence-corrected chi connectivity index (χ2v) is 4.89. The highest BCUT2D eigenvalue weighted by molar-refractivity contribution is 7.97. The van der Waals surface area contributed by atoms with Gasteiger partial charge in [0, 0.05) is 12.7 Å². The van der Waals surface area contributed by atoms with Crippen LogP contribution in [0.1, 0.15) is 34.1 Å². The number of carbonyl (C=O) groups excluding carboxylic acids is 1. The molecule has 10 heteroatoms. The van der Waals surface area contributed by atoms with Crippen molar-refractivity contribution in [1.29, 1.82) is 0 Å². The van der Waals surface area contributed by atoms with Crippen molar-refractivity contribution in [1.82, 2.24) is 4.72 Å². The lowest BCUT2D eigenvalue weighted by atomic mass is 10.2. The number of nitrogens with zero attached hydrogens (tertiary/aromatic N) is 1. The molecule has 0 heterocycles. The third kappa shape index (κ3) is 30.8. The van der Waals surface area contributed by atoms with Crippen molar-refractivity contribution >= 4 is 35.8 Å². The number of nitrogens with two attached hydrogens (primary N) is 2. The minimum absolute atomic E-state index is 0.0278. The molecule has 0 rings (SSSR count). The van der Waals surface area contributed by atoms with Crippen molar-refractivity contribution < 1.29 is 24.6 Å². The van der Waals surface area contributed by atoms with E-state index in [0.29, 0.717) is 5.75 Å². The van der Waals surface area contributed by atoms with Gasteiger partial charge in [0.25, 0.3) is 0 Å². The van der Waals surface area contributed by atoms with Crippen molar-refractivity contribution in [2.45, 2.75) is 34.1 Å². The maximum absolute atomic E-state index is 10.4. The first kappa shape index (κ1) is 25.0. The number of guanidine groups is 1. The Morgan fingerprint density at radius 1 is 1.23 bits per heavy atom. The van der Waals surface area contributed by atoms with Gasteiger partial charge in [-0.15, -0.1) is 0 Å². The number of primary amides is 1. The van der Waals surface area contributed by atoms with Crippen molar-refractivity contribution in [3.63, 3.8) is 0 Å². The molecule has 0 saturated heterocycles. The molecule has 1 amide bonds. The number of nitrogens with one attached hydrogen (secondary N) is 1. The van der Waals surface area contributed by atoms with Crippen LogP contribution in [0, 0.1) is 5.92 Å². The lowest BCUT2D eigenvalue weighted by molar-refractivity contribution is -0.140. The third-order valence-electron chi connectivity index (χ3n) is 1.32. The van der Waals surface area contributed by atoms with Crippen LogP contribution in [0.3, 0.4) is 0 Å². The maximum atomic E-state index is 10.4. The summed E-state index contributed by atoms with van der Waals surface area (Å²) in [4.78, 5) is 33.2. The van der Waals surface area contributed by atoms with E-state index >= 15 is 0 Å². The van der Waals surface area contributed by atoms with Gasteiger partial charge in [-0.05, 0) is 11.9 Å². The molecule has 1 atom stereocenters. The molecule has 0 aromatic heterocycles. The number of carboxylic acid groups (broad SMARTS) is 2. The Kier molecular flexibility index (Phi) is 19.4. The number of carbonyl (C=O) groups is 3. The van der Waals surface area contributed by atoms with E-state index < -0.39 is 24.4 Å². The molecule has 22 heavy (non-hydrogen) atoms. The normalized spacial score (nSPS) is 11.0. The molecule has 0 spiro atoms. The SMILES string of the molecule is CC(CSNC(N)=NCC(=O)O)C(=O)O.CC(N)=O.CCC. The molecule has 130 valence electrons. The highest BCUT2D eigenvalue weighted by atomic mass is 32.2. The van der Waals surface area contributed by atoms with Crippen molar-refractivity contribution in [3.8, 4) is 0 Å². The summed E-state index contributed by atoms with van der Waals surface area (Å²) < 4.78 is 2.54. The average Bonchev–Trinajstić information content (AvgIpc) is 2.36. The molecule has 0 fully saturated rings. The van der Waals surface area contributed by atoms with E-state index in [0.717, 1.165) is 11.9 Å². The fraction of sp³-hybridized carbons (Fsp3) is 0.667. The predicted octanol–water partition coefficient (Wildman–Crippen LogP) is 0.252. The number of aliphatic carboxylic acids is 2. The van der Waals surface area contributed by atoms with Gasteiger partial charge in [-0.25, -0.2) is 4.99 Å². The summed E-state index contributed by atoms with van der Waals surface area (Å²) in [7, 11) is 0. The van der Waals surface area contributed by atoms with Gasteiger partial charge in [-0.2, -0.15) is 0 Å². The zero-order valence-electron chi connectivity index (χ0n) is 13.3. The Morgan fingerprint density at radius 3 is 1.95 bits per heavy atom. The molecule has 0 aromatic carbocycles. The van der Waals surface area contributed by atoms with Crippen LogP contribution in [0.25, 0.3) is 0 Å². The molecule has 0 saturated carbocycles. The van der Waals surface area contributed by atoms with E-state index in [1.807, 2.05) is 0 Å². The van der Waals surface area contributed by atoms with Crippen molar-refractivity contribution in [2.75, 3.05) is 12.3 Å². The van der Waals surface area contributed by atoms with Crippen molar-refractivity contribution in [3.05, 3.63) is 0 Å². The fourth-order valence-corrected chi connectivity index (χ4v) is 1.19. The van der Waals surface area contributed by atoms with E-state index in [1.54, 1.807) is 6.92 Å². The Labute approximate surface area is 134 Å². The van der Waals surface area contributed by atoms with Crippen LogP contribution in [-0.2, 0) is 14.4 Å². The first-order valence-electron chi connectivity index (χ1n) is 6.46. The minimum Gasteiger partial charge on any atom is -0.481 e. The number of carboxylic acids is 2. The van der Waals surface area contributed by atoms with E-state index in [2.05, 4.69) is 29.3 Å². The number of hydrogen-bond donors (Lipinski definition) is 5. The largest absolute Gasteiger partial charge is 0.481 e. The predicted molar refractivity (Wildman–Crippen MR) is 87.4 cm³/mol. The van der Waals surface area contributed by atoms with Crippen molar-refractivity contribution in [2.24, 2.45) is 22.4 Å². The summed E-state index contributed by atoms with van der Waals surface area (Å²) in [5.41, 5.74) is 9.76. The van der Waals surface area contributed by atoms with Gasteiger partial charge < -0.3 is 26.4 Å². The van der Waals surface area contributed by atoms with Crippen LogP contribution in [0.15, 0.2) is 4.99 Å². The van der Waals surface area contributed by atoms with Crippen LogP contribution in [0.4, 0.5) is 0 Å². The molecule has 0 aliphatic rings. The van der Waals surface area contributed by atoms with Crippen LogP contribution < -0.4 is 16.2 Å². The van der Waals surface area contributed by atoms with E-state index in [-0.39, 0.29) is 11.9 Å². The highest BCUT2D eigenvalue weighted by Crippen LogP contribution is 2.03. The molecule has 0 radical (unpaired) electrons. The van der Waals surface area contributed by atoms with Crippen LogP contribution in [0.5, 0.6) is 0 Å². The fourth-order valence-electron chi connectivity index (χ4n) is 0.497. The number of rotatable bonds is 6. The summed E-state index contributed by atoms with van der Waals surface area (Å²) >= 11 is 1.07. The number of hydrogen-bond acceptors (Lipinski definition) is 5. The van der Waals surface area contributed by atoms with Gasteiger partial charge in [0.05, 0.1) is 5.92 Å². The third-order valence-corrected chi connectivity index (χ3v) is 2.34. The van der Waals surface area contributed by atoms with Gasteiger partial charge >= 0.3 is 11.9 Å². The topological polar surface area (TPSA) is 168 Å². The van der Waals surface area contributed by atoms with Crippen LogP contribution >= 0.6 is 11.9 Å². The Bertz CT molecular complexity index is 359. The standard InChI is InChI=1S/C7H13N3O4S.C3H8.C2H5NO/c1-4(6(13)14)3-15-10-7(8)9-2-5(11)12;1-3-2;1-2(3)4/h4H,2-3H2,1H3,(H,11,12)(H,13,14)(H3,8,9,10);3H2,1-2H3;1H3,(H2,3,4). The summed E-state index contributed by atoms with van der Waals surface area (Å²) in [6.07, 6.45) is 1.25. The zero-order valence-corrected chi connectivity index (χ0v) is 14.1. The van der Waals surface area contributed by atoms with E-state index in [4.69, 9.17) is 15.9 Å². The average molecular weight is 338 g/mol. The molecule has 9 nitrogen and oxygen atoms in total. The summed E-state index contributed by atoms with van der Waals surface area (Å²) in [6, 6.07) is 0. The van der Waals surface area contributed by atoms with Gasteiger partial charge in [0.15, 0.2) is 5.96 Å². The first-order chi connectivity index (χ1) is 10.1. The lowest BCUT2D eigenvalue weighted by Gasteiger charge is -2.06. The lowest BCUT2D eigenvalue weighted by Crippen LogP contribution is -2.28. The monoisotopic (exact) mass is 338 g/mol. The second kappa shape index (κ2) is 17.1. The minimum atomic E-state index is -1.08. The Hall–Kier alpha value is -1.97. The number of amides is 1. The molecule has 1 unspecified atom stereocenters. The molecule has 0 aromatic rings. The van der Waals surface area contributed by atoms with Crippen LogP contribution in [-0.4, -0.2) is 46.3 Å². The zero-order chi connectivity index (χ0) is 18.1. The smallest absolute Gasteiger partial charge is 0.325 e.